The van der Waals surface area contributed by atoms with Crippen molar-refractivity contribution in [1.29, 1.82) is 0 Å². The van der Waals surface area contributed by atoms with Crippen LogP contribution in [0.2, 0.25) is 0 Å². The molecule has 18 heavy (non-hydrogen) atoms. The predicted molar refractivity (Wildman–Crippen MR) is 69.1 cm³/mol. The van der Waals surface area contributed by atoms with Gasteiger partial charge in [-0.25, -0.2) is 10.8 Å². The Morgan fingerprint density at radius 3 is 2.83 bits per heavy atom. The van der Waals surface area contributed by atoms with Crippen LogP contribution in [-0.2, 0) is 0 Å². The summed E-state index contributed by atoms with van der Waals surface area (Å²) in [5.41, 5.74) is 2.29. The van der Waals surface area contributed by atoms with Gasteiger partial charge in [-0.05, 0) is 20.8 Å². The van der Waals surface area contributed by atoms with Gasteiger partial charge in [-0.1, -0.05) is 0 Å². The molecule has 0 saturated heterocycles. The zero-order valence-electron chi connectivity index (χ0n) is 11.0. The Bertz CT molecular complexity index is 367. The highest BCUT2D eigenvalue weighted by atomic mass is 16.5. The first-order valence-electron chi connectivity index (χ1n) is 5.76. The Balaban J connectivity index is 2.35. The molecule has 0 spiro atoms. The zero-order valence-corrected chi connectivity index (χ0v) is 11.0. The fourth-order valence-corrected chi connectivity index (χ4v) is 1.16. The van der Waals surface area contributed by atoms with Crippen LogP contribution in [0.4, 0.5) is 5.95 Å². The second kappa shape index (κ2) is 6.48. The molecule has 0 saturated carbocycles. The van der Waals surface area contributed by atoms with E-state index in [1.165, 1.54) is 6.20 Å². The maximum Gasteiger partial charge on any atom is 0.240 e. The van der Waals surface area contributed by atoms with Gasteiger partial charge in [0.25, 0.3) is 0 Å². The number of aliphatic hydroxyl groups excluding tert-OH is 1. The van der Waals surface area contributed by atoms with Crippen molar-refractivity contribution >= 4 is 5.95 Å². The molecule has 0 radical (unpaired) electrons. The molecule has 1 rings (SSSR count). The lowest BCUT2D eigenvalue weighted by atomic mass is 10.1. The summed E-state index contributed by atoms with van der Waals surface area (Å²) in [6.45, 7) is 6.71. The predicted octanol–water partition coefficient (Wildman–Crippen LogP) is -0.110. The molecule has 1 aromatic rings. The second-order valence-corrected chi connectivity index (χ2v) is 4.96. The topological polar surface area (TPSA) is 105 Å². The van der Waals surface area contributed by atoms with Gasteiger partial charge in [-0.3, -0.25) is 5.43 Å². The van der Waals surface area contributed by atoms with Gasteiger partial charge in [-0.2, -0.15) is 4.98 Å². The number of hydrogen-bond acceptors (Lipinski definition) is 7. The van der Waals surface area contributed by atoms with E-state index in [1.807, 2.05) is 20.8 Å². The Morgan fingerprint density at radius 2 is 2.22 bits per heavy atom. The third-order valence-corrected chi connectivity index (χ3v) is 2.05. The number of β-amino-alcohol motifs (C(OH)–C–C–N with tert-alkyl or cyclic N) is 1. The molecule has 0 aliphatic carbocycles. The standard InChI is InChI=1S/C11H21N5O2/c1-11(2,3)14-6-8(17)7-18-9-4-5-13-10(15-9)16-12/h4-5,8,14,17H,6-7,12H2,1-3H3,(H,13,15,16). The number of nitrogens with one attached hydrogen (secondary N) is 2. The third kappa shape index (κ3) is 5.76. The number of nitrogens with zero attached hydrogens (tertiary/aromatic N) is 2. The van der Waals surface area contributed by atoms with Gasteiger partial charge < -0.3 is 15.2 Å². The number of rotatable bonds is 6. The first-order valence-corrected chi connectivity index (χ1v) is 5.76. The second-order valence-electron chi connectivity index (χ2n) is 4.96. The van der Waals surface area contributed by atoms with E-state index in [9.17, 15) is 5.11 Å². The number of aliphatic hydroxyl groups is 1. The summed E-state index contributed by atoms with van der Waals surface area (Å²) in [5, 5.41) is 12.9. The number of hydrogen-bond donors (Lipinski definition) is 4. The maximum atomic E-state index is 9.73. The first kappa shape index (κ1) is 14.6. The molecule has 0 fully saturated rings. The Hall–Kier alpha value is -1.44. The van der Waals surface area contributed by atoms with Crippen LogP contribution in [0.3, 0.4) is 0 Å². The largest absolute Gasteiger partial charge is 0.475 e. The van der Waals surface area contributed by atoms with Gasteiger partial charge in [0.1, 0.15) is 12.7 Å². The van der Waals surface area contributed by atoms with E-state index in [4.69, 9.17) is 10.6 Å². The quantitative estimate of drug-likeness (QED) is 0.415. The zero-order chi connectivity index (χ0) is 13.6. The van der Waals surface area contributed by atoms with E-state index in [2.05, 4.69) is 20.7 Å². The van der Waals surface area contributed by atoms with Crippen LogP contribution in [-0.4, -0.2) is 39.9 Å². The summed E-state index contributed by atoms with van der Waals surface area (Å²) in [7, 11) is 0. The smallest absolute Gasteiger partial charge is 0.240 e. The SMILES string of the molecule is CC(C)(C)NCC(O)COc1ccnc(NN)n1. The van der Waals surface area contributed by atoms with Crippen LogP contribution < -0.4 is 21.3 Å². The van der Waals surface area contributed by atoms with Crippen LogP contribution in [0.1, 0.15) is 20.8 Å². The molecular weight excluding hydrogens is 234 g/mol. The molecule has 102 valence electrons. The summed E-state index contributed by atoms with van der Waals surface area (Å²) in [6, 6.07) is 1.60. The van der Waals surface area contributed by atoms with E-state index in [-0.39, 0.29) is 18.1 Å². The summed E-state index contributed by atoms with van der Waals surface area (Å²) in [5.74, 6) is 5.82. The lowest BCUT2D eigenvalue weighted by Crippen LogP contribution is -2.42. The molecule has 7 heteroatoms. The summed E-state index contributed by atoms with van der Waals surface area (Å²) < 4.78 is 5.34. The van der Waals surface area contributed by atoms with E-state index in [0.717, 1.165) is 0 Å². The van der Waals surface area contributed by atoms with Crippen molar-refractivity contribution in [1.82, 2.24) is 15.3 Å². The van der Waals surface area contributed by atoms with Crippen LogP contribution in [0.5, 0.6) is 5.88 Å². The van der Waals surface area contributed by atoms with Gasteiger partial charge in [0.05, 0.1) is 0 Å². The molecule has 0 bridgehead atoms. The minimum Gasteiger partial charge on any atom is -0.475 e. The normalized spacial score (nSPS) is 13.2. The number of aromatic nitrogens is 2. The van der Waals surface area contributed by atoms with Crippen LogP contribution in [0, 0.1) is 0 Å². The molecular formula is C11H21N5O2. The van der Waals surface area contributed by atoms with Crippen molar-refractivity contribution < 1.29 is 9.84 Å². The minimum absolute atomic E-state index is 0.0352. The van der Waals surface area contributed by atoms with Gasteiger partial charge in [0, 0.05) is 24.3 Å². The monoisotopic (exact) mass is 255 g/mol. The Kier molecular flexibility index (Phi) is 5.26. The van der Waals surface area contributed by atoms with Gasteiger partial charge in [0.15, 0.2) is 0 Å². The molecule has 1 unspecified atom stereocenters. The number of nitrogen functional groups attached to an aromatic ring is 1. The van der Waals surface area contributed by atoms with Crippen LogP contribution >= 0.6 is 0 Å². The van der Waals surface area contributed by atoms with E-state index in [1.54, 1.807) is 6.07 Å². The minimum atomic E-state index is -0.603. The molecule has 0 aliphatic rings. The van der Waals surface area contributed by atoms with Gasteiger partial charge in [0.2, 0.25) is 11.8 Å². The highest BCUT2D eigenvalue weighted by Crippen LogP contribution is 2.07. The molecule has 1 atom stereocenters. The van der Waals surface area contributed by atoms with Crippen molar-refractivity contribution in [3.63, 3.8) is 0 Å². The molecule has 0 aromatic carbocycles. The number of anilines is 1. The van der Waals surface area contributed by atoms with E-state index >= 15 is 0 Å². The number of nitrogens with two attached hydrogens (primary N) is 1. The van der Waals surface area contributed by atoms with Crippen molar-refractivity contribution in [2.75, 3.05) is 18.6 Å². The third-order valence-electron chi connectivity index (χ3n) is 2.05. The Labute approximate surface area is 107 Å². The van der Waals surface area contributed by atoms with Crippen LogP contribution in [0.25, 0.3) is 0 Å². The molecule has 1 aromatic heterocycles. The van der Waals surface area contributed by atoms with Gasteiger partial charge >= 0.3 is 0 Å². The molecule has 0 aliphatic heterocycles. The lowest BCUT2D eigenvalue weighted by Gasteiger charge is -2.22. The maximum absolute atomic E-state index is 9.73. The lowest BCUT2D eigenvalue weighted by molar-refractivity contribution is 0.0977. The molecule has 7 nitrogen and oxygen atoms in total. The summed E-state index contributed by atoms with van der Waals surface area (Å²) >= 11 is 0. The fourth-order valence-electron chi connectivity index (χ4n) is 1.16. The highest BCUT2D eigenvalue weighted by molar-refractivity contribution is 5.25. The van der Waals surface area contributed by atoms with E-state index < -0.39 is 6.10 Å². The fraction of sp³-hybridized carbons (Fsp3) is 0.636. The Morgan fingerprint density at radius 1 is 1.50 bits per heavy atom. The van der Waals surface area contributed by atoms with Crippen molar-refractivity contribution in [3.05, 3.63) is 12.3 Å². The average Bonchev–Trinajstić information content (AvgIpc) is 2.33. The molecule has 1 heterocycles. The highest BCUT2D eigenvalue weighted by Gasteiger charge is 2.12. The molecule has 5 N–H and O–H groups in total. The number of hydrazine groups is 1. The van der Waals surface area contributed by atoms with Gasteiger partial charge in [-0.15, -0.1) is 0 Å². The average molecular weight is 255 g/mol. The number of ether oxygens (including phenoxy) is 1. The van der Waals surface area contributed by atoms with E-state index in [0.29, 0.717) is 12.4 Å². The van der Waals surface area contributed by atoms with Crippen molar-refractivity contribution in [2.24, 2.45) is 5.84 Å². The molecule has 0 amide bonds. The van der Waals surface area contributed by atoms with Crippen LogP contribution in [0.15, 0.2) is 12.3 Å². The first-order chi connectivity index (χ1) is 8.40. The van der Waals surface area contributed by atoms with Crippen molar-refractivity contribution in [2.45, 2.75) is 32.4 Å². The summed E-state index contributed by atoms with van der Waals surface area (Å²) in [6.07, 6.45) is 0.922. The van der Waals surface area contributed by atoms with Crippen molar-refractivity contribution in [3.8, 4) is 5.88 Å². The summed E-state index contributed by atoms with van der Waals surface area (Å²) in [4.78, 5) is 7.82.